The van der Waals surface area contributed by atoms with E-state index >= 15 is 0 Å². The van der Waals surface area contributed by atoms with Gasteiger partial charge in [0.25, 0.3) is 0 Å². The Hall–Kier alpha value is 0.0800. The molecule has 0 radical (unpaired) electrons. The largest absolute Gasteiger partial charge is 0.480 e. The molecule has 1 aliphatic carbocycles. The second-order valence-corrected chi connectivity index (χ2v) is 7.46. The highest BCUT2D eigenvalue weighted by molar-refractivity contribution is 6.49. The zero-order valence-electron chi connectivity index (χ0n) is 12.9. The third-order valence-corrected chi connectivity index (χ3v) is 5.89. The van der Waals surface area contributed by atoms with Crippen LogP contribution in [0.1, 0.15) is 53.9 Å². The molecule has 0 amide bonds. The molecule has 1 aliphatic rings. The molecule has 0 bridgehead atoms. The molecule has 0 heterocycles. The van der Waals surface area contributed by atoms with E-state index in [0.29, 0.717) is 0 Å². The predicted molar refractivity (Wildman–Crippen MR) is 88.3 cm³/mol. The van der Waals surface area contributed by atoms with Crippen LogP contribution in [-0.2, 0) is 4.79 Å². The second-order valence-electron chi connectivity index (χ2n) is 5.92. The number of alkyl halides is 3. The zero-order chi connectivity index (χ0) is 16.2. The molecular formula is C15H25Cl3O2. The summed E-state index contributed by atoms with van der Waals surface area (Å²) in [6.45, 7) is 9.45. The zero-order valence-corrected chi connectivity index (χ0v) is 15.2. The highest BCUT2D eigenvalue weighted by Crippen LogP contribution is 2.73. The first kappa shape index (κ1) is 20.1. The Bertz CT molecular complexity index is 371. The Morgan fingerprint density at radius 2 is 1.70 bits per heavy atom. The molecule has 1 saturated carbocycles. The van der Waals surface area contributed by atoms with E-state index in [9.17, 15) is 4.79 Å². The molecule has 0 aromatic carbocycles. The van der Waals surface area contributed by atoms with Gasteiger partial charge in [0, 0.05) is 11.3 Å². The minimum atomic E-state index is -1.39. The fourth-order valence-corrected chi connectivity index (χ4v) is 3.51. The fraction of sp³-hybridized carbons (Fsp3) is 0.800. The van der Waals surface area contributed by atoms with Crippen molar-refractivity contribution >= 4 is 40.8 Å². The molecule has 1 fully saturated rings. The SMILES string of the molecule is CC(C)=CC1(Cl)C(C)(C)C1(Cl)C(=O)O.CCCCCCl. The van der Waals surface area contributed by atoms with Crippen LogP contribution in [0, 0.1) is 5.41 Å². The Balaban J connectivity index is 0.000000511. The average Bonchev–Trinajstić information content (AvgIpc) is 2.67. The third kappa shape index (κ3) is 3.45. The predicted octanol–water partition coefficient (Wildman–Crippen LogP) is 5.45. The van der Waals surface area contributed by atoms with Crippen LogP contribution in [0.5, 0.6) is 0 Å². The average molecular weight is 344 g/mol. The molecule has 1 rings (SSSR count). The summed E-state index contributed by atoms with van der Waals surface area (Å²) < 4.78 is 0. The number of halogens is 3. The van der Waals surface area contributed by atoms with Crippen LogP contribution in [0.15, 0.2) is 11.6 Å². The number of carbonyl (C=O) groups is 1. The Morgan fingerprint density at radius 1 is 1.20 bits per heavy atom. The van der Waals surface area contributed by atoms with Gasteiger partial charge >= 0.3 is 5.97 Å². The summed E-state index contributed by atoms with van der Waals surface area (Å²) in [7, 11) is 0. The lowest BCUT2D eigenvalue weighted by Crippen LogP contribution is -2.24. The van der Waals surface area contributed by atoms with Crippen LogP contribution in [0.25, 0.3) is 0 Å². The molecular weight excluding hydrogens is 319 g/mol. The van der Waals surface area contributed by atoms with E-state index < -0.39 is 21.1 Å². The van der Waals surface area contributed by atoms with Crippen LogP contribution >= 0.6 is 34.8 Å². The van der Waals surface area contributed by atoms with E-state index in [1.165, 1.54) is 19.3 Å². The van der Waals surface area contributed by atoms with Gasteiger partial charge in [-0.1, -0.05) is 45.3 Å². The lowest BCUT2D eigenvalue weighted by atomic mass is 10.1. The monoisotopic (exact) mass is 342 g/mol. The normalized spacial score (nSPS) is 30.0. The summed E-state index contributed by atoms with van der Waals surface area (Å²) in [5.74, 6) is -0.231. The van der Waals surface area contributed by atoms with Crippen molar-refractivity contribution in [3.05, 3.63) is 11.6 Å². The molecule has 20 heavy (non-hydrogen) atoms. The van der Waals surface area contributed by atoms with E-state index in [4.69, 9.17) is 39.9 Å². The van der Waals surface area contributed by atoms with E-state index in [1.54, 1.807) is 19.9 Å². The lowest BCUT2D eigenvalue weighted by Gasteiger charge is -2.06. The first-order valence-electron chi connectivity index (χ1n) is 6.86. The Labute approximate surface area is 137 Å². The molecule has 1 N–H and O–H groups in total. The van der Waals surface area contributed by atoms with Gasteiger partial charge in [0.2, 0.25) is 0 Å². The summed E-state index contributed by atoms with van der Waals surface area (Å²) in [6, 6.07) is 0. The first-order valence-corrected chi connectivity index (χ1v) is 8.15. The van der Waals surface area contributed by atoms with Crippen molar-refractivity contribution in [2.45, 2.75) is 63.6 Å². The number of carboxylic acids is 1. The molecule has 0 spiro atoms. The Kier molecular flexibility index (Phi) is 7.40. The quantitative estimate of drug-likeness (QED) is 0.409. The van der Waals surface area contributed by atoms with Gasteiger partial charge in [-0.15, -0.1) is 34.8 Å². The highest BCUT2D eigenvalue weighted by atomic mass is 35.5. The summed E-state index contributed by atoms with van der Waals surface area (Å²) >= 11 is 17.7. The fourth-order valence-electron chi connectivity index (χ4n) is 2.25. The maximum atomic E-state index is 11.1. The number of allylic oxidation sites excluding steroid dienone is 2. The number of hydrogen-bond acceptors (Lipinski definition) is 1. The molecule has 0 aliphatic heterocycles. The smallest absolute Gasteiger partial charge is 0.327 e. The maximum Gasteiger partial charge on any atom is 0.327 e. The molecule has 0 aromatic heterocycles. The molecule has 0 saturated heterocycles. The third-order valence-electron chi connectivity index (χ3n) is 3.73. The molecule has 2 unspecified atom stereocenters. The second kappa shape index (κ2) is 7.38. The summed E-state index contributed by atoms with van der Waals surface area (Å²) in [5.41, 5.74) is 0.337. The molecule has 2 nitrogen and oxygen atoms in total. The van der Waals surface area contributed by atoms with Crippen molar-refractivity contribution in [3.8, 4) is 0 Å². The number of unbranched alkanes of at least 4 members (excludes halogenated alkanes) is 2. The van der Waals surface area contributed by atoms with Crippen LogP contribution in [0.4, 0.5) is 0 Å². The lowest BCUT2D eigenvalue weighted by molar-refractivity contribution is -0.138. The standard InChI is InChI=1S/C10H14Cl2O2.C5H11Cl/c1-6(2)5-9(11)8(3,4)10(9,12)7(13)14;1-2-3-4-5-6/h5H,1-4H3,(H,13,14);2-5H2,1H3. The van der Waals surface area contributed by atoms with E-state index in [-0.39, 0.29) is 0 Å². The van der Waals surface area contributed by atoms with Crippen LogP contribution < -0.4 is 0 Å². The van der Waals surface area contributed by atoms with E-state index in [0.717, 1.165) is 11.5 Å². The minimum absolute atomic E-state index is 0.633. The van der Waals surface area contributed by atoms with Crippen LogP contribution in [0.3, 0.4) is 0 Å². The molecule has 5 heteroatoms. The summed E-state index contributed by atoms with van der Waals surface area (Å²) in [6.07, 6.45) is 5.46. The van der Waals surface area contributed by atoms with Gasteiger partial charge in [-0.3, -0.25) is 4.79 Å². The van der Waals surface area contributed by atoms with Crippen molar-refractivity contribution in [1.29, 1.82) is 0 Å². The Morgan fingerprint density at radius 3 is 1.90 bits per heavy atom. The van der Waals surface area contributed by atoms with Crippen LogP contribution in [-0.4, -0.2) is 26.7 Å². The first-order chi connectivity index (χ1) is 9.02. The molecule has 118 valence electrons. The topological polar surface area (TPSA) is 37.3 Å². The number of aliphatic carboxylic acids is 1. The minimum Gasteiger partial charge on any atom is -0.480 e. The van der Waals surface area contributed by atoms with Crippen molar-refractivity contribution in [3.63, 3.8) is 0 Å². The number of carboxylic acid groups (broad SMARTS) is 1. The van der Waals surface area contributed by atoms with Crippen molar-refractivity contribution in [2.24, 2.45) is 5.41 Å². The van der Waals surface area contributed by atoms with Gasteiger partial charge < -0.3 is 5.11 Å². The van der Waals surface area contributed by atoms with Gasteiger partial charge in [-0.2, -0.15) is 0 Å². The van der Waals surface area contributed by atoms with Gasteiger partial charge in [0.1, 0.15) is 4.87 Å². The molecule has 0 aromatic rings. The van der Waals surface area contributed by atoms with E-state index in [2.05, 4.69) is 6.92 Å². The molecule has 2 atom stereocenters. The maximum absolute atomic E-state index is 11.1. The number of hydrogen-bond donors (Lipinski definition) is 1. The summed E-state index contributed by atoms with van der Waals surface area (Å²) in [5, 5.41) is 9.05. The van der Waals surface area contributed by atoms with Gasteiger partial charge in [0.05, 0.1) is 0 Å². The van der Waals surface area contributed by atoms with Crippen molar-refractivity contribution < 1.29 is 9.90 Å². The highest BCUT2D eigenvalue weighted by Gasteiger charge is 2.85. The summed E-state index contributed by atoms with van der Waals surface area (Å²) in [4.78, 5) is 8.68. The van der Waals surface area contributed by atoms with Gasteiger partial charge in [0.15, 0.2) is 4.87 Å². The van der Waals surface area contributed by atoms with Crippen molar-refractivity contribution in [1.82, 2.24) is 0 Å². The van der Waals surface area contributed by atoms with Gasteiger partial charge in [-0.25, -0.2) is 0 Å². The van der Waals surface area contributed by atoms with Crippen molar-refractivity contribution in [2.75, 3.05) is 5.88 Å². The van der Waals surface area contributed by atoms with E-state index in [1.807, 2.05) is 13.8 Å². The number of rotatable bonds is 5. The van der Waals surface area contributed by atoms with Crippen LogP contribution in [0.2, 0.25) is 0 Å². The van der Waals surface area contributed by atoms with Gasteiger partial charge in [-0.05, 0) is 20.3 Å².